The number of H-pyrrole nitrogens is 1. The number of phenols is 1. The molecule has 3 N–H and O–H groups in total. The lowest BCUT2D eigenvalue weighted by atomic mass is 9.97. The van der Waals surface area contributed by atoms with Crippen molar-refractivity contribution in [3.63, 3.8) is 0 Å². The Kier molecular flexibility index (Phi) is 4.37. The molecule has 2 heterocycles. The Hall–Kier alpha value is -3.93. The Morgan fingerprint density at radius 1 is 1.07 bits per heavy atom. The summed E-state index contributed by atoms with van der Waals surface area (Å²) in [7, 11) is 0. The largest absolute Gasteiger partial charge is 0.508 e. The molecule has 4 rings (SSSR count). The predicted octanol–water partition coefficient (Wildman–Crippen LogP) is 4.12. The molecule has 6 nitrogen and oxygen atoms in total. The van der Waals surface area contributed by atoms with E-state index in [1.54, 1.807) is 30.6 Å². The quantitative estimate of drug-likeness (QED) is 0.470. The van der Waals surface area contributed by atoms with Crippen molar-refractivity contribution in [1.29, 1.82) is 0 Å². The van der Waals surface area contributed by atoms with Crippen LogP contribution >= 0.6 is 0 Å². The first-order chi connectivity index (χ1) is 13.5. The minimum absolute atomic E-state index is 0.0343. The molecule has 1 amide bonds. The highest BCUT2D eigenvalue weighted by Crippen LogP contribution is 2.32. The fraction of sp³-hybridized carbons (Fsp3) is 0.0455. The number of amides is 1. The molecule has 0 aliphatic carbocycles. The predicted molar refractivity (Wildman–Crippen MR) is 107 cm³/mol. The number of carbonyl (C=O) groups excluding carboxylic acids is 2. The number of aromatic nitrogens is 2. The van der Waals surface area contributed by atoms with Gasteiger partial charge in [-0.2, -0.15) is 0 Å². The van der Waals surface area contributed by atoms with E-state index in [0.29, 0.717) is 27.8 Å². The molecule has 138 valence electrons. The van der Waals surface area contributed by atoms with E-state index in [1.807, 2.05) is 24.3 Å². The normalized spacial score (nSPS) is 10.8. The number of nitrogens with one attached hydrogen (secondary N) is 2. The van der Waals surface area contributed by atoms with Crippen molar-refractivity contribution in [2.75, 3.05) is 5.32 Å². The first kappa shape index (κ1) is 17.5. The summed E-state index contributed by atoms with van der Waals surface area (Å²) >= 11 is 0. The van der Waals surface area contributed by atoms with Gasteiger partial charge in [-0.3, -0.25) is 9.59 Å². The SMILES string of the molecule is CC(=O)Nc1cccc(-c2ccnc3[nH]cc(C(=O)c4cccc(O)c4)c23)c1. The van der Waals surface area contributed by atoms with Gasteiger partial charge in [-0.1, -0.05) is 24.3 Å². The number of hydrogen-bond acceptors (Lipinski definition) is 4. The summed E-state index contributed by atoms with van der Waals surface area (Å²) in [6, 6.07) is 15.5. The molecule has 28 heavy (non-hydrogen) atoms. The zero-order chi connectivity index (χ0) is 19.7. The fourth-order valence-electron chi connectivity index (χ4n) is 3.25. The molecule has 2 aromatic carbocycles. The van der Waals surface area contributed by atoms with E-state index in [2.05, 4.69) is 15.3 Å². The molecule has 2 aromatic heterocycles. The number of pyridine rings is 1. The van der Waals surface area contributed by atoms with Crippen LogP contribution in [0, 0.1) is 0 Å². The summed E-state index contributed by atoms with van der Waals surface area (Å²) in [5.41, 5.74) is 3.79. The number of phenolic OH excluding ortho intramolecular Hbond substituents is 1. The van der Waals surface area contributed by atoms with E-state index < -0.39 is 0 Å². The Morgan fingerprint density at radius 3 is 2.68 bits per heavy atom. The second-order valence-electron chi connectivity index (χ2n) is 6.43. The third kappa shape index (κ3) is 3.23. The van der Waals surface area contributed by atoms with Crippen molar-refractivity contribution in [2.45, 2.75) is 6.92 Å². The van der Waals surface area contributed by atoms with Gasteiger partial charge in [0.1, 0.15) is 11.4 Å². The van der Waals surface area contributed by atoms with Crippen LogP contribution in [0.15, 0.2) is 67.0 Å². The van der Waals surface area contributed by atoms with Crippen LogP contribution in [0.5, 0.6) is 5.75 Å². The topological polar surface area (TPSA) is 95.1 Å². The molecule has 0 unspecified atom stereocenters. The van der Waals surface area contributed by atoms with Gasteiger partial charge in [0.25, 0.3) is 0 Å². The highest BCUT2D eigenvalue weighted by molar-refractivity contribution is 6.18. The van der Waals surface area contributed by atoms with Gasteiger partial charge in [0.2, 0.25) is 5.91 Å². The zero-order valence-corrected chi connectivity index (χ0v) is 15.1. The lowest BCUT2D eigenvalue weighted by molar-refractivity contribution is -0.114. The van der Waals surface area contributed by atoms with Gasteiger partial charge in [0, 0.05) is 36.0 Å². The number of benzene rings is 2. The van der Waals surface area contributed by atoms with E-state index >= 15 is 0 Å². The summed E-state index contributed by atoms with van der Waals surface area (Å²) in [5, 5.41) is 13.2. The molecule has 0 spiro atoms. The van der Waals surface area contributed by atoms with Gasteiger partial charge >= 0.3 is 0 Å². The smallest absolute Gasteiger partial charge is 0.221 e. The number of carbonyl (C=O) groups is 2. The third-order valence-corrected chi connectivity index (χ3v) is 4.42. The number of hydrogen-bond donors (Lipinski definition) is 3. The molecular weight excluding hydrogens is 354 g/mol. The zero-order valence-electron chi connectivity index (χ0n) is 15.1. The molecule has 0 aliphatic rings. The monoisotopic (exact) mass is 371 g/mol. The highest BCUT2D eigenvalue weighted by Gasteiger charge is 2.18. The Morgan fingerprint density at radius 2 is 1.89 bits per heavy atom. The van der Waals surface area contributed by atoms with E-state index in [0.717, 1.165) is 11.1 Å². The van der Waals surface area contributed by atoms with Gasteiger partial charge in [0.15, 0.2) is 5.78 Å². The molecule has 6 heteroatoms. The number of aromatic amines is 1. The molecular formula is C22H17N3O3. The summed E-state index contributed by atoms with van der Waals surface area (Å²) in [6.45, 7) is 1.45. The maximum Gasteiger partial charge on any atom is 0.221 e. The summed E-state index contributed by atoms with van der Waals surface area (Å²) < 4.78 is 0. The second kappa shape index (κ2) is 7.00. The maximum atomic E-state index is 13.1. The second-order valence-corrected chi connectivity index (χ2v) is 6.43. The van der Waals surface area contributed by atoms with Crippen molar-refractivity contribution in [3.8, 4) is 16.9 Å². The Labute approximate surface area is 160 Å². The fourth-order valence-corrected chi connectivity index (χ4v) is 3.25. The van der Waals surface area contributed by atoms with Gasteiger partial charge < -0.3 is 15.4 Å². The van der Waals surface area contributed by atoms with Gasteiger partial charge in [-0.05, 0) is 41.5 Å². The molecule has 0 saturated heterocycles. The average Bonchev–Trinajstić information content (AvgIpc) is 3.11. The van der Waals surface area contributed by atoms with Crippen LogP contribution in [0.2, 0.25) is 0 Å². The van der Waals surface area contributed by atoms with Crippen molar-refractivity contribution >= 4 is 28.4 Å². The number of rotatable bonds is 4. The lowest BCUT2D eigenvalue weighted by Crippen LogP contribution is -2.05. The minimum Gasteiger partial charge on any atom is -0.508 e. The van der Waals surface area contributed by atoms with Crippen molar-refractivity contribution in [3.05, 3.63) is 78.1 Å². The maximum absolute atomic E-state index is 13.1. The van der Waals surface area contributed by atoms with Gasteiger partial charge in [-0.15, -0.1) is 0 Å². The molecule has 0 fully saturated rings. The van der Waals surface area contributed by atoms with Crippen LogP contribution in [-0.4, -0.2) is 26.8 Å². The molecule has 4 aromatic rings. The molecule has 0 saturated carbocycles. The third-order valence-electron chi connectivity index (χ3n) is 4.42. The van der Waals surface area contributed by atoms with Crippen molar-refractivity contribution < 1.29 is 14.7 Å². The summed E-state index contributed by atoms with van der Waals surface area (Å²) in [6.07, 6.45) is 3.30. The van der Waals surface area contributed by atoms with Crippen LogP contribution in [0.3, 0.4) is 0 Å². The van der Waals surface area contributed by atoms with E-state index in [-0.39, 0.29) is 17.4 Å². The lowest BCUT2D eigenvalue weighted by Gasteiger charge is -2.09. The van der Waals surface area contributed by atoms with Crippen LogP contribution in [0.1, 0.15) is 22.8 Å². The highest BCUT2D eigenvalue weighted by atomic mass is 16.3. The van der Waals surface area contributed by atoms with Gasteiger partial charge in [-0.25, -0.2) is 4.98 Å². The van der Waals surface area contributed by atoms with E-state index in [9.17, 15) is 14.7 Å². The van der Waals surface area contributed by atoms with Crippen LogP contribution < -0.4 is 5.32 Å². The number of aromatic hydroxyl groups is 1. The van der Waals surface area contributed by atoms with Crippen LogP contribution in [0.25, 0.3) is 22.2 Å². The van der Waals surface area contributed by atoms with Crippen molar-refractivity contribution in [2.24, 2.45) is 0 Å². The molecule has 0 bridgehead atoms. The van der Waals surface area contributed by atoms with E-state index in [1.165, 1.54) is 19.1 Å². The standard InChI is InChI=1S/C22H17N3O3/c1-13(26)25-16-6-2-4-14(10-16)18-8-9-23-22-20(18)19(12-24-22)21(28)15-5-3-7-17(27)11-15/h2-12,27H,1H3,(H,23,24)(H,25,26). The summed E-state index contributed by atoms with van der Waals surface area (Å²) in [4.78, 5) is 31.8. The first-order valence-corrected chi connectivity index (χ1v) is 8.71. The Balaban J connectivity index is 1.86. The van der Waals surface area contributed by atoms with Crippen molar-refractivity contribution in [1.82, 2.24) is 9.97 Å². The molecule has 0 radical (unpaired) electrons. The number of anilines is 1. The number of nitrogens with zero attached hydrogens (tertiary/aromatic N) is 1. The van der Waals surface area contributed by atoms with E-state index in [4.69, 9.17) is 0 Å². The van der Waals surface area contributed by atoms with Crippen LogP contribution in [0.4, 0.5) is 5.69 Å². The number of ketones is 1. The number of fused-ring (bicyclic) bond motifs is 1. The Bertz CT molecular complexity index is 1210. The van der Waals surface area contributed by atoms with Crippen LogP contribution in [-0.2, 0) is 4.79 Å². The molecule has 0 aliphatic heterocycles. The first-order valence-electron chi connectivity index (χ1n) is 8.71. The summed E-state index contributed by atoms with van der Waals surface area (Å²) in [5.74, 6) is -0.333. The minimum atomic E-state index is -0.214. The average molecular weight is 371 g/mol. The molecule has 0 atom stereocenters. The van der Waals surface area contributed by atoms with Gasteiger partial charge in [0.05, 0.1) is 5.56 Å².